The highest BCUT2D eigenvalue weighted by atomic mass is 15.1. The number of nitrogens with one attached hydrogen (secondary N) is 1. The quantitative estimate of drug-likeness (QED) is 0.877. The zero-order chi connectivity index (χ0) is 13.0. The van der Waals surface area contributed by atoms with Crippen LogP contribution < -0.4 is 5.32 Å². The Balaban J connectivity index is 2.25. The van der Waals surface area contributed by atoms with Crippen molar-refractivity contribution in [3.05, 3.63) is 36.0 Å². The van der Waals surface area contributed by atoms with Crippen LogP contribution in [0.1, 0.15) is 25.8 Å². The summed E-state index contributed by atoms with van der Waals surface area (Å²) >= 11 is 0. The summed E-state index contributed by atoms with van der Waals surface area (Å²) in [7, 11) is 2.03. The van der Waals surface area contributed by atoms with Crippen molar-refractivity contribution in [2.45, 2.75) is 32.7 Å². The molecule has 0 bridgehead atoms. The molecule has 0 aliphatic rings. The van der Waals surface area contributed by atoms with Crippen LogP contribution >= 0.6 is 0 Å². The topological polar surface area (TPSA) is 37.8 Å². The third-order valence-corrected chi connectivity index (χ3v) is 3.26. The Hall–Kier alpha value is -1.48. The first-order valence-corrected chi connectivity index (χ1v) is 6.57. The Labute approximate surface area is 109 Å². The molecule has 1 aromatic heterocycles. The monoisotopic (exact) mass is 243 g/mol. The van der Waals surface area contributed by atoms with Crippen molar-refractivity contribution in [2.75, 3.05) is 7.05 Å². The second kappa shape index (κ2) is 5.91. The van der Waals surface area contributed by atoms with E-state index in [0.29, 0.717) is 12.0 Å². The van der Waals surface area contributed by atoms with Gasteiger partial charge in [0.15, 0.2) is 0 Å². The van der Waals surface area contributed by atoms with Crippen LogP contribution in [0.15, 0.2) is 30.5 Å². The summed E-state index contributed by atoms with van der Waals surface area (Å²) in [5.41, 5.74) is 2.26. The summed E-state index contributed by atoms with van der Waals surface area (Å²) in [5.74, 6) is 0.698. The lowest BCUT2D eigenvalue weighted by atomic mass is 9.96. The first-order valence-electron chi connectivity index (χ1n) is 6.57. The van der Waals surface area contributed by atoms with E-state index in [0.717, 1.165) is 11.9 Å². The highest BCUT2D eigenvalue weighted by Gasteiger charge is 2.11. The van der Waals surface area contributed by atoms with Gasteiger partial charge in [-0.25, -0.2) is 0 Å². The first-order chi connectivity index (χ1) is 8.70. The number of fused-ring (bicyclic) bond motifs is 1. The van der Waals surface area contributed by atoms with Gasteiger partial charge in [0.1, 0.15) is 0 Å². The summed E-state index contributed by atoms with van der Waals surface area (Å²) in [6, 6.07) is 8.71. The Bertz CT molecular complexity index is 503. The average molecular weight is 243 g/mol. The molecule has 1 heterocycles. The lowest BCUT2D eigenvalue weighted by Crippen LogP contribution is -2.29. The number of nitrogens with zero attached hydrogens (tertiary/aromatic N) is 2. The molecule has 18 heavy (non-hydrogen) atoms. The number of hydrogen-bond acceptors (Lipinski definition) is 3. The molecule has 96 valence electrons. The summed E-state index contributed by atoms with van der Waals surface area (Å²) < 4.78 is 0. The van der Waals surface area contributed by atoms with Crippen molar-refractivity contribution < 1.29 is 0 Å². The molecule has 1 N–H and O–H groups in total. The van der Waals surface area contributed by atoms with Crippen molar-refractivity contribution >= 4 is 10.9 Å². The van der Waals surface area contributed by atoms with Crippen LogP contribution in [0.2, 0.25) is 0 Å². The number of hydrogen-bond donors (Lipinski definition) is 1. The minimum Gasteiger partial charge on any atom is -0.317 e. The van der Waals surface area contributed by atoms with Crippen LogP contribution in [0, 0.1) is 5.92 Å². The maximum Gasteiger partial charge on any atom is 0.0932 e. The summed E-state index contributed by atoms with van der Waals surface area (Å²) in [6.07, 6.45) is 4.07. The van der Waals surface area contributed by atoms with Crippen LogP contribution in [0.25, 0.3) is 10.9 Å². The van der Waals surface area contributed by atoms with Crippen molar-refractivity contribution in [3.8, 4) is 0 Å². The van der Waals surface area contributed by atoms with Crippen LogP contribution in [0.3, 0.4) is 0 Å². The van der Waals surface area contributed by atoms with Gasteiger partial charge in [0.25, 0.3) is 0 Å². The van der Waals surface area contributed by atoms with Gasteiger partial charge in [-0.1, -0.05) is 32.0 Å². The average Bonchev–Trinajstić information content (AvgIpc) is 2.38. The van der Waals surface area contributed by atoms with Gasteiger partial charge in [-0.05, 0) is 37.4 Å². The third kappa shape index (κ3) is 3.05. The summed E-state index contributed by atoms with van der Waals surface area (Å²) in [5, 5.41) is 12.9. The molecule has 1 unspecified atom stereocenters. The molecule has 1 atom stereocenters. The molecule has 2 rings (SSSR count). The fourth-order valence-corrected chi connectivity index (χ4v) is 2.36. The van der Waals surface area contributed by atoms with Crippen molar-refractivity contribution in [1.82, 2.24) is 15.5 Å². The molecule has 1 aromatic carbocycles. The molecule has 2 aromatic rings. The SMILES string of the molecule is CNC(Cc1cnnc2ccccc12)CC(C)C. The lowest BCUT2D eigenvalue weighted by molar-refractivity contribution is 0.441. The van der Waals surface area contributed by atoms with Crippen LogP contribution in [-0.4, -0.2) is 23.3 Å². The van der Waals surface area contributed by atoms with Crippen molar-refractivity contribution in [3.63, 3.8) is 0 Å². The third-order valence-electron chi connectivity index (χ3n) is 3.26. The van der Waals surface area contributed by atoms with Crippen LogP contribution in [-0.2, 0) is 6.42 Å². The molecule has 0 fully saturated rings. The van der Waals surface area contributed by atoms with Gasteiger partial charge in [0, 0.05) is 11.4 Å². The Morgan fingerprint density at radius 2 is 2.00 bits per heavy atom. The number of aromatic nitrogens is 2. The van der Waals surface area contributed by atoms with E-state index >= 15 is 0 Å². The zero-order valence-corrected chi connectivity index (χ0v) is 11.4. The second-order valence-electron chi connectivity index (χ2n) is 5.21. The highest BCUT2D eigenvalue weighted by molar-refractivity contribution is 5.81. The molecule has 0 amide bonds. The molecule has 3 heteroatoms. The fraction of sp³-hybridized carbons (Fsp3) is 0.467. The van der Waals surface area contributed by atoms with Gasteiger partial charge in [-0.2, -0.15) is 10.2 Å². The molecule has 3 nitrogen and oxygen atoms in total. The van der Waals surface area contributed by atoms with Gasteiger partial charge in [-0.3, -0.25) is 0 Å². The Kier molecular flexibility index (Phi) is 4.26. The van der Waals surface area contributed by atoms with E-state index in [1.807, 2.05) is 25.4 Å². The van der Waals surface area contributed by atoms with E-state index in [1.165, 1.54) is 17.4 Å². The van der Waals surface area contributed by atoms with Crippen molar-refractivity contribution in [1.29, 1.82) is 0 Å². The van der Waals surface area contributed by atoms with Crippen LogP contribution in [0.4, 0.5) is 0 Å². The second-order valence-corrected chi connectivity index (χ2v) is 5.21. The van der Waals surface area contributed by atoms with E-state index < -0.39 is 0 Å². The van der Waals surface area contributed by atoms with E-state index in [9.17, 15) is 0 Å². The smallest absolute Gasteiger partial charge is 0.0932 e. The molecular weight excluding hydrogens is 222 g/mol. The standard InChI is InChI=1S/C15H21N3/c1-11(2)8-13(16-3)9-12-10-17-18-15-7-5-4-6-14(12)15/h4-7,10-11,13,16H,8-9H2,1-3H3. The maximum atomic E-state index is 4.17. The number of likely N-dealkylation sites (N-methyl/N-ethyl adjacent to an activating group) is 1. The molecule has 0 aliphatic heterocycles. The molecule has 0 spiro atoms. The molecule has 0 saturated carbocycles. The maximum absolute atomic E-state index is 4.17. The van der Waals surface area contributed by atoms with Crippen molar-refractivity contribution in [2.24, 2.45) is 5.92 Å². The van der Waals surface area contributed by atoms with E-state index in [4.69, 9.17) is 0 Å². The van der Waals surface area contributed by atoms with Gasteiger partial charge >= 0.3 is 0 Å². The summed E-state index contributed by atoms with van der Waals surface area (Å²) in [4.78, 5) is 0. The minimum atomic E-state index is 0.498. The Morgan fingerprint density at radius 3 is 2.72 bits per heavy atom. The molecule has 0 aliphatic carbocycles. The Morgan fingerprint density at radius 1 is 1.22 bits per heavy atom. The molecular formula is C15H21N3. The van der Waals surface area contributed by atoms with Crippen LogP contribution in [0.5, 0.6) is 0 Å². The first kappa shape index (κ1) is 13.0. The fourth-order valence-electron chi connectivity index (χ4n) is 2.36. The normalized spacial score (nSPS) is 13.1. The summed E-state index contributed by atoms with van der Waals surface area (Å²) in [6.45, 7) is 4.51. The number of rotatable bonds is 5. The predicted molar refractivity (Wildman–Crippen MR) is 75.5 cm³/mol. The van der Waals surface area contributed by atoms with E-state index in [1.54, 1.807) is 0 Å². The predicted octanol–water partition coefficient (Wildman–Crippen LogP) is 2.81. The van der Waals surface area contributed by atoms with Gasteiger partial charge in [0.2, 0.25) is 0 Å². The largest absolute Gasteiger partial charge is 0.317 e. The van der Waals surface area contributed by atoms with E-state index in [-0.39, 0.29) is 0 Å². The van der Waals surface area contributed by atoms with Gasteiger partial charge in [0.05, 0.1) is 11.7 Å². The highest BCUT2D eigenvalue weighted by Crippen LogP contribution is 2.18. The molecule has 0 radical (unpaired) electrons. The minimum absolute atomic E-state index is 0.498. The zero-order valence-electron chi connectivity index (χ0n) is 11.4. The van der Waals surface area contributed by atoms with E-state index in [2.05, 4.69) is 41.5 Å². The lowest BCUT2D eigenvalue weighted by Gasteiger charge is -2.18. The molecule has 0 saturated heterocycles. The van der Waals surface area contributed by atoms with Gasteiger partial charge < -0.3 is 5.32 Å². The number of benzene rings is 1. The van der Waals surface area contributed by atoms with Gasteiger partial charge in [-0.15, -0.1) is 0 Å².